The molecule has 1 aliphatic heterocycles. The Labute approximate surface area is 139 Å². The van der Waals surface area contributed by atoms with Gasteiger partial charge in [-0.3, -0.25) is 4.90 Å². The Bertz CT molecular complexity index is 527. The van der Waals surface area contributed by atoms with Gasteiger partial charge in [0.2, 0.25) is 0 Å². The van der Waals surface area contributed by atoms with E-state index in [0.717, 1.165) is 13.1 Å². The van der Waals surface area contributed by atoms with Crippen LogP contribution in [0.5, 0.6) is 0 Å². The summed E-state index contributed by atoms with van der Waals surface area (Å²) < 4.78 is 0. The summed E-state index contributed by atoms with van der Waals surface area (Å²) in [7, 11) is 0. The molecule has 1 heterocycles. The Morgan fingerprint density at radius 2 is 1.76 bits per heavy atom. The molecule has 114 valence electrons. The van der Waals surface area contributed by atoms with E-state index in [1.54, 1.807) is 23.1 Å². The molecule has 0 bridgehead atoms. The fourth-order valence-electron chi connectivity index (χ4n) is 2.16. The van der Waals surface area contributed by atoms with Crippen molar-refractivity contribution in [2.24, 2.45) is 5.73 Å². The normalized spacial score (nSPS) is 15.8. The number of thiocarbonyl (C=S) groups is 1. The molecule has 8 heteroatoms. The number of hydrogen-bond acceptors (Lipinski definition) is 3. The first kappa shape index (κ1) is 16.3. The van der Waals surface area contributed by atoms with Gasteiger partial charge >= 0.3 is 6.03 Å². The predicted octanol–water partition coefficient (Wildman–Crippen LogP) is 2.43. The van der Waals surface area contributed by atoms with E-state index in [4.69, 9.17) is 41.2 Å². The number of piperazine rings is 1. The standard InChI is InChI=1S/C13H16Cl2N4OS/c14-9-5-10(15)7-11(6-9)17-13(20)19-3-1-18(2-4-19)8-12(16)21/h5-7H,1-4,8H2,(H2,16,21)(H,17,20). The molecule has 0 radical (unpaired) electrons. The first-order chi connectivity index (χ1) is 9.94. The van der Waals surface area contributed by atoms with Crippen LogP contribution in [0.2, 0.25) is 10.0 Å². The lowest BCUT2D eigenvalue weighted by Crippen LogP contribution is -2.51. The molecule has 1 aromatic carbocycles. The summed E-state index contributed by atoms with van der Waals surface area (Å²) in [6, 6.07) is 4.78. The monoisotopic (exact) mass is 346 g/mol. The molecule has 3 N–H and O–H groups in total. The number of carbonyl (C=O) groups is 1. The van der Waals surface area contributed by atoms with Gasteiger partial charge in [0.05, 0.1) is 4.99 Å². The van der Waals surface area contributed by atoms with Crippen molar-refractivity contribution >= 4 is 52.1 Å². The van der Waals surface area contributed by atoms with Gasteiger partial charge in [-0.05, 0) is 18.2 Å². The highest BCUT2D eigenvalue weighted by molar-refractivity contribution is 7.80. The molecule has 5 nitrogen and oxygen atoms in total. The number of nitrogens with one attached hydrogen (secondary N) is 1. The molecule has 21 heavy (non-hydrogen) atoms. The number of anilines is 1. The third-order valence-corrected chi connectivity index (χ3v) is 3.72. The topological polar surface area (TPSA) is 61.6 Å². The first-order valence-corrected chi connectivity index (χ1v) is 7.63. The van der Waals surface area contributed by atoms with E-state index >= 15 is 0 Å². The van der Waals surface area contributed by atoms with Crippen LogP contribution >= 0.6 is 35.4 Å². The van der Waals surface area contributed by atoms with Crippen LogP contribution in [-0.2, 0) is 0 Å². The number of carbonyl (C=O) groups excluding carboxylic acids is 1. The maximum Gasteiger partial charge on any atom is 0.321 e. The van der Waals surface area contributed by atoms with Crippen molar-refractivity contribution in [3.05, 3.63) is 28.2 Å². The Morgan fingerprint density at radius 3 is 2.29 bits per heavy atom. The van der Waals surface area contributed by atoms with Gasteiger partial charge in [-0.25, -0.2) is 4.79 Å². The Morgan fingerprint density at radius 1 is 1.19 bits per heavy atom. The molecule has 1 saturated heterocycles. The molecule has 0 aliphatic carbocycles. The minimum Gasteiger partial charge on any atom is -0.392 e. The Balaban J connectivity index is 1.88. The van der Waals surface area contributed by atoms with E-state index in [1.165, 1.54) is 0 Å². The van der Waals surface area contributed by atoms with Gasteiger partial charge in [0.25, 0.3) is 0 Å². The smallest absolute Gasteiger partial charge is 0.321 e. The van der Waals surface area contributed by atoms with Crippen LogP contribution in [-0.4, -0.2) is 53.5 Å². The highest BCUT2D eigenvalue weighted by Crippen LogP contribution is 2.22. The number of urea groups is 1. The van der Waals surface area contributed by atoms with Crippen LogP contribution < -0.4 is 11.1 Å². The third kappa shape index (κ3) is 5.00. The summed E-state index contributed by atoms with van der Waals surface area (Å²) in [6.45, 7) is 3.35. The third-order valence-electron chi connectivity index (χ3n) is 3.15. The van der Waals surface area contributed by atoms with Crippen molar-refractivity contribution in [3.8, 4) is 0 Å². The van der Waals surface area contributed by atoms with E-state index in [2.05, 4.69) is 10.2 Å². The highest BCUT2D eigenvalue weighted by Gasteiger charge is 2.21. The molecule has 2 amide bonds. The van der Waals surface area contributed by atoms with Crippen LogP contribution in [0, 0.1) is 0 Å². The fourth-order valence-corrected chi connectivity index (χ4v) is 2.87. The zero-order chi connectivity index (χ0) is 15.4. The van der Waals surface area contributed by atoms with Gasteiger partial charge in [0.1, 0.15) is 0 Å². The molecule has 0 unspecified atom stereocenters. The minimum absolute atomic E-state index is 0.164. The number of hydrogen-bond donors (Lipinski definition) is 2. The summed E-state index contributed by atoms with van der Waals surface area (Å²) in [6.07, 6.45) is 0. The first-order valence-electron chi connectivity index (χ1n) is 6.47. The van der Waals surface area contributed by atoms with E-state index < -0.39 is 0 Å². The lowest BCUT2D eigenvalue weighted by atomic mass is 10.3. The van der Waals surface area contributed by atoms with E-state index in [-0.39, 0.29) is 6.03 Å². The maximum atomic E-state index is 12.2. The van der Waals surface area contributed by atoms with Crippen LogP contribution in [0.1, 0.15) is 0 Å². The summed E-state index contributed by atoms with van der Waals surface area (Å²) >= 11 is 16.7. The second kappa shape index (κ2) is 7.26. The van der Waals surface area contributed by atoms with Crippen molar-refractivity contribution in [3.63, 3.8) is 0 Å². The molecule has 1 fully saturated rings. The average molecular weight is 347 g/mol. The Hall–Kier alpha value is -1.08. The summed E-state index contributed by atoms with van der Waals surface area (Å²) in [5.41, 5.74) is 6.11. The van der Waals surface area contributed by atoms with Gasteiger partial charge in [-0.1, -0.05) is 35.4 Å². The van der Waals surface area contributed by atoms with Gasteiger partial charge in [-0.15, -0.1) is 0 Å². The molecule has 0 spiro atoms. The van der Waals surface area contributed by atoms with Gasteiger partial charge in [0.15, 0.2) is 0 Å². The number of nitrogens with two attached hydrogens (primary N) is 1. The molecule has 0 saturated carbocycles. The molecular formula is C13H16Cl2N4OS. The number of rotatable bonds is 3. The molecule has 0 aromatic heterocycles. The zero-order valence-electron chi connectivity index (χ0n) is 11.3. The second-order valence-electron chi connectivity index (χ2n) is 4.82. The van der Waals surface area contributed by atoms with Crippen molar-refractivity contribution in [1.29, 1.82) is 0 Å². The van der Waals surface area contributed by atoms with Crippen molar-refractivity contribution in [1.82, 2.24) is 9.80 Å². The predicted molar refractivity (Wildman–Crippen MR) is 90.3 cm³/mol. The molecular weight excluding hydrogens is 331 g/mol. The van der Waals surface area contributed by atoms with Crippen LogP contribution in [0.25, 0.3) is 0 Å². The lowest BCUT2D eigenvalue weighted by Gasteiger charge is -2.34. The molecule has 2 rings (SSSR count). The minimum atomic E-state index is -0.164. The molecule has 1 aliphatic rings. The van der Waals surface area contributed by atoms with Gasteiger partial charge in [-0.2, -0.15) is 0 Å². The number of nitrogens with zero attached hydrogens (tertiary/aromatic N) is 2. The number of amides is 2. The zero-order valence-corrected chi connectivity index (χ0v) is 13.6. The fraction of sp³-hybridized carbons (Fsp3) is 0.385. The summed E-state index contributed by atoms with van der Waals surface area (Å²) in [5, 5.41) is 3.77. The van der Waals surface area contributed by atoms with Crippen molar-refractivity contribution in [2.75, 3.05) is 38.0 Å². The molecule has 1 aromatic rings. The van der Waals surface area contributed by atoms with Gasteiger partial charge < -0.3 is 16.0 Å². The van der Waals surface area contributed by atoms with Crippen LogP contribution in [0.15, 0.2) is 18.2 Å². The second-order valence-corrected chi connectivity index (χ2v) is 6.22. The SMILES string of the molecule is NC(=S)CN1CCN(C(=O)Nc2cc(Cl)cc(Cl)c2)CC1. The number of halogens is 2. The quantitative estimate of drug-likeness (QED) is 0.825. The van der Waals surface area contributed by atoms with E-state index in [1.807, 2.05) is 0 Å². The summed E-state index contributed by atoms with van der Waals surface area (Å²) in [4.78, 5) is 16.5. The molecule has 0 atom stereocenters. The van der Waals surface area contributed by atoms with E-state index in [0.29, 0.717) is 40.4 Å². The Kier molecular flexibility index (Phi) is 5.64. The van der Waals surface area contributed by atoms with Crippen LogP contribution in [0.3, 0.4) is 0 Å². The maximum absolute atomic E-state index is 12.2. The number of benzene rings is 1. The van der Waals surface area contributed by atoms with E-state index in [9.17, 15) is 4.79 Å². The lowest BCUT2D eigenvalue weighted by molar-refractivity contribution is 0.158. The van der Waals surface area contributed by atoms with Crippen molar-refractivity contribution < 1.29 is 4.79 Å². The summed E-state index contributed by atoms with van der Waals surface area (Å²) in [5.74, 6) is 0. The largest absolute Gasteiger partial charge is 0.392 e. The average Bonchev–Trinajstić information content (AvgIpc) is 2.37. The highest BCUT2D eigenvalue weighted by atomic mass is 35.5. The van der Waals surface area contributed by atoms with Crippen molar-refractivity contribution in [2.45, 2.75) is 0 Å². The van der Waals surface area contributed by atoms with Crippen LogP contribution in [0.4, 0.5) is 10.5 Å². The van der Waals surface area contributed by atoms with Gasteiger partial charge in [0, 0.05) is 48.5 Å².